The van der Waals surface area contributed by atoms with Gasteiger partial charge in [0.05, 0.1) is 11.2 Å². The summed E-state index contributed by atoms with van der Waals surface area (Å²) in [5, 5.41) is 27.1. The zero-order valence-corrected chi connectivity index (χ0v) is 12.1. The van der Waals surface area contributed by atoms with Crippen molar-refractivity contribution in [1.29, 1.82) is 0 Å². The molecule has 2 N–H and O–H groups in total. The van der Waals surface area contributed by atoms with Crippen LogP contribution < -0.4 is 5.46 Å². The lowest BCUT2D eigenvalue weighted by atomic mass is 9.77. The lowest BCUT2D eigenvalue weighted by molar-refractivity contribution is -0.0982. The highest BCUT2D eigenvalue weighted by Crippen LogP contribution is 2.25. The molecule has 0 spiro atoms. The first kappa shape index (κ1) is 15.7. The Morgan fingerprint density at radius 1 is 1.22 bits per heavy atom. The number of nitrogens with zero attached hydrogens (tertiary/aromatic N) is 2. The van der Waals surface area contributed by atoms with Crippen molar-refractivity contribution in [2.75, 3.05) is 0 Å². The van der Waals surface area contributed by atoms with Crippen molar-refractivity contribution in [3.05, 3.63) is 16.4 Å². The number of halogens is 2. The summed E-state index contributed by atoms with van der Waals surface area (Å²) in [6, 6.07) is 1.36. The summed E-state index contributed by atoms with van der Waals surface area (Å²) in [6.07, 6.45) is 0. The van der Waals surface area contributed by atoms with Gasteiger partial charge in [-0.2, -0.15) is 0 Å². The lowest BCUT2D eigenvalue weighted by Gasteiger charge is -2.38. The number of rotatable bonds is 4. The summed E-state index contributed by atoms with van der Waals surface area (Å²) in [7, 11) is -1.35. The van der Waals surface area contributed by atoms with Gasteiger partial charge in [0.1, 0.15) is 0 Å². The van der Waals surface area contributed by atoms with Crippen molar-refractivity contribution in [2.24, 2.45) is 0 Å². The zero-order chi connectivity index (χ0) is 14.1. The van der Waals surface area contributed by atoms with Gasteiger partial charge in [-0.15, -0.1) is 10.2 Å². The van der Waals surface area contributed by atoms with E-state index in [1.165, 1.54) is 6.07 Å². The SMILES string of the molecule is CC(C)(O)C(C)(C)OB(O)c1cc(Cl)nnc1Cl. The number of hydrogen-bond acceptors (Lipinski definition) is 5. The topological polar surface area (TPSA) is 75.5 Å². The second-order valence-corrected chi connectivity index (χ2v) is 5.70. The minimum Gasteiger partial charge on any atom is -0.423 e. The highest BCUT2D eigenvalue weighted by molar-refractivity contribution is 6.64. The summed E-state index contributed by atoms with van der Waals surface area (Å²) in [6.45, 7) is 6.47. The maximum absolute atomic E-state index is 9.98. The Morgan fingerprint density at radius 2 is 1.78 bits per heavy atom. The normalized spacial score (nSPS) is 12.7. The van der Waals surface area contributed by atoms with E-state index in [2.05, 4.69) is 10.2 Å². The molecule has 0 unspecified atom stereocenters. The second kappa shape index (κ2) is 5.31. The van der Waals surface area contributed by atoms with E-state index in [0.29, 0.717) is 0 Å². The average molecular weight is 293 g/mol. The molecule has 100 valence electrons. The third kappa shape index (κ3) is 3.55. The van der Waals surface area contributed by atoms with E-state index < -0.39 is 18.3 Å². The number of aromatic nitrogens is 2. The zero-order valence-electron chi connectivity index (χ0n) is 10.6. The Balaban J connectivity index is 2.95. The maximum Gasteiger partial charge on any atom is 0.494 e. The quantitative estimate of drug-likeness (QED) is 0.811. The molecule has 1 aromatic rings. The van der Waals surface area contributed by atoms with Gasteiger partial charge in [0.25, 0.3) is 0 Å². The van der Waals surface area contributed by atoms with Crippen LogP contribution in [0.15, 0.2) is 6.07 Å². The molecular formula is C10H15BCl2N2O3. The molecule has 0 fully saturated rings. The summed E-state index contributed by atoms with van der Waals surface area (Å²) < 4.78 is 5.42. The van der Waals surface area contributed by atoms with Gasteiger partial charge in [0.2, 0.25) is 0 Å². The Hall–Kier alpha value is -0.395. The molecule has 0 amide bonds. The van der Waals surface area contributed by atoms with Crippen LogP contribution in [0.5, 0.6) is 0 Å². The third-order valence-electron chi connectivity index (χ3n) is 2.89. The molecule has 0 aromatic carbocycles. The van der Waals surface area contributed by atoms with Gasteiger partial charge in [0.15, 0.2) is 10.3 Å². The number of hydrogen-bond donors (Lipinski definition) is 2. The van der Waals surface area contributed by atoms with Crippen LogP contribution in [-0.4, -0.2) is 38.6 Å². The monoisotopic (exact) mass is 292 g/mol. The molecular weight excluding hydrogens is 278 g/mol. The van der Waals surface area contributed by atoms with Crippen molar-refractivity contribution < 1.29 is 14.8 Å². The fourth-order valence-electron chi connectivity index (χ4n) is 1.03. The predicted octanol–water partition coefficient (Wildman–Crippen LogP) is 1.04. The molecule has 0 aliphatic rings. The molecule has 0 aliphatic carbocycles. The molecule has 0 radical (unpaired) electrons. The minimum atomic E-state index is -1.35. The van der Waals surface area contributed by atoms with Crippen molar-refractivity contribution in [1.82, 2.24) is 10.2 Å². The molecule has 18 heavy (non-hydrogen) atoms. The first-order valence-corrected chi connectivity index (χ1v) is 6.07. The molecule has 0 aliphatic heterocycles. The third-order valence-corrected chi connectivity index (χ3v) is 3.37. The van der Waals surface area contributed by atoms with Gasteiger partial charge in [-0.3, -0.25) is 0 Å². The van der Waals surface area contributed by atoms with Crippen LogP contribution in [0.3, 0.4) is 0 Å². The van der Waals surface area contributed by atoms with Crippen molar-refractivity contribution in [2.45, 2.75) is 38.9 Å². The van der Waals surface area contributed by atoms with Gasteiger partial charge in [-0.25, -0.2) is 0 Å². The van der Waals surface area contributed by atoms with Crippen LogP contribution in [0.25, 0.3) is 0 Å². The molecule has 5 nitrogen and oxygen atoms in total. The Morgan fingerprint density at radius 3 is 2.28 bits per heavy atom. The summed E-state index contributed by atoms with van der Waals surface area (Å²) in [5.41, 5.74) is -1.94. The summed E-state index contributed by atoms with van der Waals surface area (Å²) >= 11 is 11.5. The largest absolute Gasteiger partial charge is 0.494 e. The van der Waals surface area contributed by atoms with Crippen molar-refractivity contribution in [3.63, 3.8) is 0 Å². The highest BCUT2D eigenvalue weighted by atomic mass is 35.5. The van der Waals surface area contributed by atoms with Crippen LogP contribution in [0.1, 0.15) is 27.7 Å². The molecule has 1 aromatic heterocycles. The van der Waals surface area contributed by atoms with E-state index in [1.807, 2.05) is 0 Å². The minimum absolute atomic E-state index is 0.00144. The van der Waals surface area contributed by atoms with Gasteiger partial charge >= 0.3 is 7.12 Å². The Bertz CT molecular complexity index is 438. The van der Waals surface area contributed by atoms with Crippen LogP contribution in [0, 0.1) is 0 Å². The van der Waals surface area contributed by atoms with Crippen LogP contribution >= 0.6 is 23.2 Å². The fourth-order valence-corrected chi connectivity index (χ4v) is 1.37. The summed E-state index contributed by atoms with van der Waals surface area (Å²) in [4.78, 5) is 0. The molecule has 8 heteroatoms. The molecule has 0 atom stereocenters. The fraction of sp³-hybridized carbons (Fsp3) is 0.600. The van der Waals surface area contributed by atoms with Crippen LogP contribution in [0.2, 0.25) is 10.3 Å². The van der Waals surface area contributed by atoms with Gasteiger partial charge < -0.3 is 14.8 Å². The van der Waals surface area contributed by atoms with Crippen molar-refractivity contribution >= 4 is 35.8 Å². The molecule has 0 saturated carbocycles. The number of aliphatic hydroxyl groups is 1. The Kier molecular flexibility index (Phi) is 4.62. The standard InChI is InChI=1S/C10H15BCl2N2O3/c1-9(2,16)10(3,4)18-11(17)6-5-7(12)14-15-8(6)13/h5,16-17H,1-4H3. The average Bonchev–Trinajstić information content (AvgIpc) is 2.19. The van der Waals surface area contributed by atoms with E-state index in [0.717, 1.165) is 0 Å². The smallest absolute Gasteiger partial charge is 0.423 e. The first-order chi connectivity index (χ1) is 8.04. The van der Waals surface area contributed by atoms with Gasteiger partial charge in [-0.05, 0) is 33.8 Å². The Labute approximate surface area is 116 Å². The molecule has 1 heterocycles. The predicted molar refractivity (Wildman–Crippen MR) is 71.1 cm³/mol. The second-order valence-electron chi connectivity index (χ2n) is 4.95. The molecule has 1 rings (SSSR count). The van der Waals surface area contributed by atoms with Crippen molar-refractivity contribution in [3.8, 4) is 0 Å². The van der Waals surface area contributed by atoms with Gasteiger partial charge in [0, 0.05) is 5.46 Å². The molecule has 0 bridgehead atoms. The van der Waals surface area contributed by atoms with Crippen LogP contribution in [-0.2, 0) is 4.65 Å². The maximum atomic E-state index is 9.98. The van der Waals surface area contributed by atoms with E-state index in [1.54, 1.807) is 27.7 Å². The van der Waals surface area contributed by atoms with E-state index >= 15 is 0 Å². The van der Waals surface area contributed by atoms with E-state index in [9.17, 15) is 10.1 Å². The van der Waals surface area contributed by atoms with E-state index in [-0.39, 0.29) is 15.8 Å². The summed E-state index contributed by atoms with van der Waals surface area (Å²) in [5.74, 6) is 0. The van der Waals surface area contributed by atoms with E-state index in [4.69, 9.17) is 27.9 Å². The first-order valence-electron chi connectivity index (χ1n) is 5.31. The lowest BCUT2D eigenvalue weighted by Crippen LogP contribution is -2.53. The highest BCUT2D eigenvalue weighted by Gasteiger charge is 2.40. The molecule has 0 saturated heterocycles. The van der Waals surface area contributed by atoms with Crippen LogP contribution in [0.4, 0.5) is 0 Å². The van der Waals surface area contributed by atoms with Gasteiger partial charge in [-0.1, -0.05) is 23.2 Å².